The predicted octanol–water partition coefficient (Wildman–Crippen LogP) is 4.05. The van der Waals surface area contributed by atoms with E-state index in [1.54, 1.807) is 24.3 Å². The third-order valence-corrected chi connectivity index (χ3v) is 3.61. The van der Waals surface area contributed by atoms with E-state index in [1.165, 1.54) is 0 Å². The van der Waals surface area contributed by atoms with Gasteiger partial charge in [0.15, 0.2) is 0 Å². The molecule has 0 saturated heterocycles. The van der Waals surface area contributed by atoms with Crippen LogP contribution in [-0.2, 0) is 4.79 Å². The smallest absolute Gasteiger partial charge is 0.326 e. The molecule has 0 aliphatic carbocycles. The minimum absolute atomic E-state index is 0.393. The largest absolute Gasteiger partial charge is 0.480 e. The second kappa shape index (κ2) is 10.0. The second-order valence-electron chi connectivity index (χ2n) is 5.15. The molecule has 1 atom stereocenters. The highest BCUT2D eigenvalue weighted by atomic mass is 35.5. The van der Waals surface area contributed by atoms with Crippen LogP contribution in [0, 0.1) is 0 Å². The molecule has 0 spiro atoms. The standard InChI is InChI=1S/C17H22ClNO3/c1-2-3-4-5-6-7-8-15(17(21)22)19-16(20)13-9-11-14(18)12-10-13/h2,9-12,15H,1,3-8H2,(H,19,20)(H,21,22)/t15-/m0/s1. The van der Waals surface area contributed by atoms with Crippen molar-refractivity contribution in [3.8, 4) is 0 Å². The summed E-state index contributed by atoms with van der Waals surface area (Å²) in [6.07, 6.45) is 7.14. The fourth-order valence-corrected chi connectivity index (χ4v) is 2.22. The molecule has 0 unspecified atom stereocenters. The van der Waals surface area contributed by atoms with Gasteiger partial charge >= 0.3 is 5.97 Å². The van der Waals surface area contributed by atoms with Crippen LogP contribution < -0.4 is 5.32 Å². The quantitative estimate of drug-likeness (QED) is 0.504. The molecule has 0 bridgehead atoms. The van der Waals surface area contributed by atoms with Crippen LogP contribution in [0.25, 0.3) is 0 Å². The van der Waals surface area contributed by atoms with Crippen molar-refractivity contribution >= 4 is 23.5 Å². The van der Waals surface area contributed by atoms with Crippen LogP contribution in [0.4, 0.5) is 0 Å². The molecular formula is C17H22ClNO3. The lowest BCUT2D eigenvalue weighted by molar-refractivity contribution is -0.139. The molecule has 1 aromatic carbocycles. The van der Waals surface area contributed by atoms with Crippen LogP contribution in [0.3, 0.4) is 0 Å². The minimum Gasteiger partial charge on any atom is -0.480 e. The van der Waals surface area contributed by atoms with Crippen molar-refractivity contribution in [2.75, 3.05) is 0 Å². The van der Waals surface area contributed by atoms with E-state index in [1.807, 2.05) is 6.08 Å². The van der Waals surface area contributed by atoms with Gasteiger partial charge in [0.2, 0.25) is 0 Å². The Morgan fingerprint density at radius 1 is 1.18 bits per heavy atom. The fourth-order valence-electron chi connectivity index (χ4n) is 2.09. The first-order valence-electron chi connectivity index (χ1n) is 7.44. The Bertz CT molecular complexity index is 499. The molecule has 5 heteroatoms. The molecule has 0 saturated carbocycles. The predicted molar refractivity (Wildman–Crippen MR) is 88.2 cm³/mol. The Kier molecular flexibility index (Phi) is 8.30. The number of carbonyl (C=O) groups is 2. The number of amides is 1. The summed E-state index contributed by atoms with van der Waals surface area (Å²) >= 11 is 5.76. The van der Waals surface area contributed by atoms with Gasteiger partial charge in [0.1, 0.15) is 6.04 Å². The average Bonchev–Trinajstić information content (AvgIpc) is 2.49. The molecule has 2 N–H and O–H groups in total. The van der Waals surface area contributed by atoms with Crippen molar-refractivity contribution in [2.45, 2.75) is 44.6 Å². The molecule has 0 heterocycles. The zero-order chi connectivity index (χ0) is 16.4. The van der Waals surface area contributed by atoms with Crippen LogP contribution in [0.2, 0.25) is 5.02 Å². The van der Waals surface area contributed by atoms with Crippen LogP contribution in [0.1, 0.15) is 48.9 Å². The molecule has 0 aliphatic heterocycles. The van der Waals surface area contributed by atoms with Gasteiger partial charge in [-0.1, -0.05) is 36.9 Å². The fraction of sp³-hybridized carbons (Fsp3) is 0.412. The lowest BCUT2D eigenvalue weighted by Crippen LogP contribution is -2.40. The number of hydrogen-bond donors (Lipinski definition) is 2. The van der Waals surface area contributed by atoms with Gasteiger partial charge in [-0.25, -0.2) is 4.79 Å². The van der Waals surface area contributed by atoms with E-state index >= 15 is 0 Å². The highest BCUT2D eigenvalue weighted by Crippen LogP contribution is 2.11. The molecular weight excluding hydrogens is 302 g/mol. The van der Waals surface area contributed by atoms with Crippen molar-refractivity contribution in [3.05, 3.63) is 47.5 Å². The lowest BCUT2D eigenvalue weighted by atomic mass is 10.1. The molecule has 4 nitrogen and oxygen atoms in total. The highest BCUT2D eigenvalue weighted by Gasteiger charge is 2.20. The SMILES string of the molecule is C=CCCCCCC[C@H](NC(=O)c1ccc(Cl)cc1)C(=O)O. The summed E-state index contributed by atoms with van der Waals surface area (Å²) < 4.78 is 0. The number of nitrogens with one attached hydrogen (secondary N) is 1. The normalized spacial score (nSPS) is 11.7. The Hall–Kier alpha value is -1.81. The highest BCUT2D eigenvalue weighted by molar-refractivity contribution is 6.30. The van der Waals surface area contributed by atoms with Crippen molar-refractivity contribution in [1.82, 2.24) is 5.32 Å². The molecule has 1 rings (SSSR count). The Morgan fingerprint density at radius 3 is 2.41 bits per heavy atom. The number of rotatable bonds is 10. The number of aliphatic carboxylic acids is 1. The molecule has 0 aliphatic rings. The number of benzene rings is 1. The van der Waals surface area contributed by atoms with Crippen molar-refractivity contribution in [2.24, 2.45) is 0 Å². The maximum Gasteiger partial charge on any atom is 0.326 e. The van der Waals surface area contributed by atoms with Crippen LogP contribution in [-0.4, -0.2) is 23.0 Å². The second-order valence-corrected chi connectivity index (χ2v) is 5.59. The van der Waals surface area contributed by atoms with Crippen molar-refractivity contribution < 1.29 is 14.7 Å². The molecule has 1 amide bonds. The summed E-state index contributed by atoms with van der Waals surface area (Å²) in [6.45, 7) is 3.66. The number of unbranched alkanes of at least 4 members (excludes halogenated alkanes) is 4. The first-order valence-corrected chi connectivity index (χ1v) is 7.82. The molecule has 0 aromatic heterocycles. The van der Waals surface area contributed by atoms with Crippen LogP contribution in [0.5, 0.6) is 0 Å². The topological polar surface area (TPSA) is 66.4 Å². The van der Waals surface area contributed by atoms with E-state index in [9.17, 15) is 14.7 Å². The van der Waals surface area contributed by atoms with Gasteiger partial charge in [-0.2, -0.15) is 0 Å². The third-order valence-electron chi connectivity index (χ3n) is 3.36. The van der Waals surface area contributed by atoms with E-state index in [4.69, 9.17) is 11.6 Å². The summed E-state index contributed by atoms with van der Waals surface area (Å²) in [6, 6.07) is 5.50. The zero-order valence-electron chi connectivity index (χ0n) is 12.6. The maximum atomic E-state index is 12.0. The summed E-state index contributed by atoms with van der Waals surface area (Å²) in [7, 11) is 0. The van der Waals surface area contributed by atoms with E-state index in [0.717, 1.165) is 32.1 Å². The van der Waals surface area contributed by atoms with Gasteiger partial charge in [-0.3, -0.25) is 4.79 Å². The summed E-state index contributed by atoms with van der Waals surface area (Å²) in [5.41, 5.74) is 0.404. The van der Waals surface area contributed by atoms with E-state index in [0.29, 0.717) is 17.0 Å². The van der Waals surface area contributed by atoms with Crippen LogP contribution >= 0.6 is 11.6 Å². The molecule has 0 fully saturated rings. The number of hydrogen-bond acceptors (Lipinski definition) is 2. The minimum atomic E-state index is -1.01. The number of carboxylic acid groups (broad SMARTS) is 1. The van der Waals surface area contributed by atoms with Gasteiger partial charge in [-0.15, -0.1) is 6.58 Å². The Balaban J connectivity index is 2.43. The van der Waals surface area contributed by atoms with Crippen molar-refractivity contribution in [3.63, 3.8) is 0 Å². The van der Waals surface area contributed by atoms with Crippen LogP contribution in [0.15, 0.2) is 36.9 Å². The van der Waals surface area contributed by atoms with E-state index in [-0.39, 0.29) is 0 Å². The monoisotopic (exact) mass is 323 g/mol. The number of halogens is 1. The number of allylic oxidation sites excluding steroid dienone is 1. The summed E-state index contributed by atoms with van der Waals surface area (Å²) in [5, 5.41) is 12.3. The Labute approximate surface area is 136 Å². The molecule has 22 heavy (non-hydrogen) atoms. The summed E-state index contributed by atoms with van der Waals surface area (Å²) in [4.78, 5) is 23.3. The molecule has 120 valence electrons. The number of carbonyl (C=O) groups excluding carboxylic acids is 1. The Morgan fingerprint density at radius 2 is 1.82 bits per heavy atom. The van der Waals surface area contributed by atoms with Gasteiger partial charge in [0.05, 0.1) is 0 Å². The third kappa shape index (κ3) is 6.76. The van der Waals surface area contributed by atoms with Gasteiger partial charge in [0, 0.05) is 10.6 Å². The molecule has 0 radical (unpaired) electrons. The first-order chi connectivity index (χ1) is 10.5. The van der Waals surface area contributed by atoms with Crippen molar-refractivity contribution in [1.29, 1.82) is 0 Å². The summed E-state index contributed by atoms with van der Waals surface area (Å²) in [5.74, 6) is -1.40. The van der Waals surface area contributed by atoms with E-state index < -0.39 is 17.9 Å². The zero-order valence-corrected chi connectivity index (χ0v) is 13.3. The number of carboxylic acids is 1. The maximum absolute atomic E-state index is 12.0. The van der Waals surface area contributed by atoms with Gasteiger partial charge in [-0.05, 0) is 43.5 Å². The average molecular weight is 324 g/mol. The van der Waals surface area contributed by atoms with Gasteiger partial charge < -0.3 is 10.4 Å². The van der Waals surface area contributed by atoms with E-state index in [2.05, 4.69) is 11.9 Å². The molecule has 1 aromatic rings. The lowest BCUT2D eigenvalue weighted by Gasteiger charge is -2.14. The first kappa shape index (κ1) is 18.2. The van der Waals surface area contributed by atoms with Gasteiger partial charge in [0.25, 0.3) is 5.91 Å².